The second kappa shape index (κ2) is 10.4. The zero-order valence-corrected chi connectivity index (χ0v) is 19.6. The molecule has 0 fully saturated rings. The molecule has 0 spiro atoms. The molecule has 0 aromatic heterocycles. The van der Waals surface area contributed by atoms with Gasteiger partial charge in [-0.3, -0.25) is 20.0 Å². The molecule has 3 rings (SSSR count). The van der Waals surface area contributed by atoms with Gasteiger partial charge in [0.1, 0.15) is 6.04 Å². The van der Waals surface area contributed by atoms with Crippen molar-refractivity contribution in [2.45, 2.75) is 25.7 Å². The monoisotopic (exact) mass is 514 g/mol. The van der Waals surface area contributed by atoms with E-state index in [9.17, 15) is 32.8 Å². The lowest BCUT2D eigenvalue weighted by Crippen LogP contribution is -2.55. The molecule has 1 aliphatic rings. The second-order valence-corrected chi connectivity index (χ2v) is 7.83. The van der Waals surface area contributed by atoms with E-state index in [4.69, 9.17) is 15.9 Å². The van der Waals surface area contributed by atoms with Crippen LogP contribution in [0.25, 0.3) is 0 Å². The number of guanidine groups is 1. The maximum atomic E-state index is 13.4. The predicted molar refractivity (Wildman–Crippen MR) is 125 cm³/mol. The van der Waals surface area contributed by atoms with Gasteiger partial charge in [-0.05, 0) is 48.4 Å². The van der Waals surface area contributed by atoms with Crippen LogP contribution in [0.5, 0.6) is 0 Å². The number of primary amides is 1. The molecule has 0 bridgehead atoms. The smallest absolute Gasteiger partial charge is 0.416 e. The maximum Gasteiger partial charge on any atom is 0.416 e. The molecule has 1 unspecified atom stereocenters. The standard InChI is InChI=1S/C24H21F3N6O4/c1-13-19(21(35)37-2)20(18-7-6-14(10-28)8-15(18)11-31-12-34)33(23(30)36)22(29)32(13)17-5-3-4-16(9-17)24(25,26)27/h3-9,12,20,29H,11H2,1-2H3,(H2,30,36)(H,31,34). The highest BCUT2D eigenvalue weighted by Crippen LogP contribution is 2.41. The van der Waals surface area contributed by atoms with Crippen molar-refractivity contribution in [3.63, 3.8) is 0 Å². The Balaban J connectivity index is 2.34. The van der Waals surface area contributed by atoms with E-state index < -0.39 is 35.7 Å². The first-order valence-corrected chi connectivity index (χ1v) is 10.6. The molecule has 0 aliphatic carbocycles. The summed E-state index contributed by atoms with van der Waals surface area (Å²) < 4.78 is 45.1. The minimum atomic E-state index is -4.69. The highest BCUT2D eigenvalue weighted by molar-refractivity contribution is 6.10. The number of esters is 1. The number of allylic oxidation sites excluding steroid dienone is 1. The molecular formula is C24H21F3N6O4. The summed E-state index contributed by atoms with van der Waals surface area (Å²) in [6, 6.07) is 7.71. The Bertz CT molecular complexity index is 1350. The Kier molecular flexibility index (Phi) is 7.52. The van der Waals surface area contributed by atoms with Gasteiger partial charge in [0.05, 0.1) is 29.9 Å². The Labute approximate surface area is 209 Å². The summed E-state index contributed by atoms with van der Waals surface area (Å²) in [4.78, 5) is 38.4. The average molecular weight is 514 g/mol. The van der Waals surface area contributed by atoms with Crippen molar-refractivity contribution in [3.05, 3.63) is 76.0 Å². The van der Waals surface area contributed by atoms with Gasteiger partial charge < -0.3 is 15.8 Å². The molecule has 192 valence electrons. The van der Waals surface area contributed by atoms with E-state index in [1.807, 2.05) is 6.07 Å². The third-order valence-electron chi connectivity index (χ3n) is 5.71. The van der Waals surface area contributed by atoms with E-state index in [1.54, 1.807) is 0 Å². The zero-order valence-electron chi connectivity index (χ0n) is 19.6. The Morgan fingerprint density at radius 1 is 1.27 bits per heavy atom. The molecule has 0 saturated carbocycles. The van der Waals surface area contributed by atoms with Gasteiger partial charge in [0.25, 0.3) is 0 Å². The summed E-state index contributed by atoms with van der Waals surface area (Å²) in [6.45, 7) is 1.29. The number of alkyl halides is 3. The second-order valence-electron chi connectivity index (χ2n) is 7.83. The lowest BCUT2D eigenvalue weighted by molar-refractivity contribution is -0.138. The fourth-order valence-electron chi connectivity index (χ4n) is 4.12. The Morgan fingerprint density at radius 3 is 2.54 bits per heavy atom. The van der Waals surface area contributed by atoms with Crippen LogP contribution in [-0.4, -0.2) is 36.4 Å². The lowest BCUT2D eigenvalue weighted by atomic mass is 9.89. The van der Waals surface area contributed by atoms with Crippen LogP contribution in [0, 0.1) is 16.7 Å². The molecule has 0 radical (unpaired) electrons. The number of carbonyl (C=O) groups is 3. The van der Waals surface area contributed by atoms with Crippen LogP contribution in [0.15, 0.2) is 53.7 Å². The van der Waals surface area contributed by atoms with Crippen LogP contribution in [0.3, 0.4) is 0 Å². The summed E-state index contributed by atoms with van der Waals surface area (Å²) in [7, 11) is 1.08. The molecule has 37 heavy (non-hydrogen) atoms. The van der Waals surface area contributed by atoms with Gasteiger partial charge >= 0.3 is 18.2 Å². The van der Waals surface area contributed by atoms with Crippen LogP contribution in [0.1, 0.15) is 35.2 Å². The van der Waals surface area contributed by atoms with Gasteiger partial charge in [-0.2, -0.15) is 18.4 Å². The quantitative estimate of drug-likeness (QED) is 0.398. The molecule has 1 aliphatic heterocycles. The lowest BCUT2D eigenvalue weighted by Gasteiger charge is -2.43. The molecule has 10 nitrogen and oxygen atoms in total. The maximum absolute atomic E-state index is 13.4. The molecule has 4 N–H and O–H groups in total. The third kappa shape index (κ3) is 5.08. The fourth-order valence-corrected chi connectivity index (χ4v) is 4.12. The molecular weight excluding hydrogens is 493 g/mol. The highest BCUT2D eigenvalue weighted by atomic mass is 19.4. The number of nitriles is 1. The zero-order chi connectivity index (χ0) is 27.5. The minimum Gasteiger partial charge on any atom is -0.466 e. The first-order chi connectivity index (χ1) is 17.5. The van der Waals surface area contributed by atoms with Crippen molar-refractivity contribution in [2.75, 3.05) is 12.0 Å². The number of nitrogens with one attached hydrogen (secondary N) is 2. The van der Waals surface area contributed by atoms with E-state index in [0.29, 0.717) is 12.0 Å². The number of anilines is 1. The molecule has 3 amide bonds. The van der Waals surface area contributed by atoms with Crippen LogP contribution >= 0.6 is 0 Å². The Hall–Kier alpha value is -4.86. The number of benzene rings is 2. The van der Waals surface area contributed by atoms with Gasteiger partial charge in [0.2, 0.25) is 12.4 Å². The number of nitrogens with zero attached hydrogens (tertiary/aromatic N) is 3. The summed E-state index contributed by atoms with van der Waals surface area (Å²) >= 11 is 0. The number of ether oxygens (including phenoxy) is 1. The van der Waals surface area contributed by atoms with Gasteiger partial charge in [-0.1, -0.05) is 12.1 Å². The number of nitrogens with two attached hydrogens (primary N) is 1. The van der Waals surface area contributed by atoms with Crippen LogP contribution in [-0.2, 0) is 27.0 Å². The molecule has 1 atom stereocenters. The van der Waals surface area contributed by atoms with Crippen molar-refractivity contribution >= 4 is 30.1 Å². The third-order valence-corrected chi connectivity index (χ3v) is 5.71. The van der Waals surface area contributed by atoms with Gasteiger partial charge in [0, 0.05) is 17.9 Å². The summed E-state index contributed by atoms with van der Waals surface area (Å²) in [5.41, 5.74) is 5.07. The van der Waals surface area contributed by atoms with E-state index in [0.717, 1.165) is 35.1 Å². The summed E-state index contributed by atoms with van der Waals surface area (Å²) in [5.74, 6) is -1.56. The normalized spacial score (nSPS) is 15.8. The molecule has 2 aromatic rings. The van der Waals surface area contributed by atoms with E-state index in [-0.39, 0.29) is 34.6 Å². The van der Waals surface area contributed by atoms with Crippen LogP contribution in [0.4, 0.5) is 23.7 Å². The van der Waals surface area contributed by atoms with Gasteiger partial charge in [-0.25, -0.2) is 9.59 Å². The van der Waals surface area contributed by atoms with Crippen molar-refractivity contribution in [3.8, 4) is 6.07 Å². The van der Waals surface area contributed by atoms with Gasteiger partial charge in [-0.15, -0.1) is 0 Å². The first-order valence-electron chi connectivity index (χ1n) is 10.6. The number of rotatable bonds is 6. The summed E-state index contributed by atoms with van der Waals surface area (Å²) in [5, 5.41) is 20.5. The topological polar surface area (TPSA) is 153 Å². The van der Waals surface area contributed by atoms with Crippen molar-refractivity contribution in [2.24, 2.45) is 5.73 Å². The average Bonchev–Trinajstić information content (AvgIpc) is 2.86. The first kappa shape index (κ1) is 26.7. The van der Waals surface area contributed by atoms with Gasteiger partial charge in [0.15, 0.2) is 0 Å². The largest absolute Gasteiger partial charge is 0.466 e. The SMILES string of the molecule is COC(=O)C1=C(C)N(c2cccc(C(F)(F)F)c2)C(=N)N(C(N)=O)C1c1ccc(C#N)cc1CNC=O. The number of hydrogen-bond acceptors (Lipinski definition) is 6. The Morgan fingerprint density at radius 2 is 1.97 bits per heavy atom. The number of halogens is 3. The van der Waals surface area contributed by atoms with Crippen LogP contribution in [0.2, 0.25) is 0 Å². The molecule has 2 aromatic carbocycles. The molecule has 1 heterocycles. The number of carbonyl (C=O) groups excluding carboxylic acids is 3. The number of amides is 3. The number of urea groups is 1. The van der Waals surface area contributed by atoms with Crippen LogP contribution < -0.4 is 16.0 Å². The minimum absolute atomic E-state index is 0.0114. The van der Waals surface area contributed by atoms with E-state index in [1.165, 1.54) is 31.2 Å². The highest BCUT2D eigenvalue weighted by Gasteiger charge is 2.44. The predicted octanol–water partition coefficient (Wildman–Crippen LogP) is 3.15. The van der Waals surface area contributed by atoms with Crippen molar-refractivity contribution in [1.29, 1.82) is 10.7 Å². The number of hydrogen-bond donors (Lipinski definition) is 3. The molecule has 0 saturated heterocycles. The van der Waals surface area contributed by atoms with Crippen molar-refractivity contribution in [1.82, 2.24) is 10.2 Å². The number of methoxy groups -OCH3 is 1. The fraction of sp³-hybridized carbons (Fsp3) is 0.208. The van der Waals surface area contributed by atoms with E-state index >= 15 is 0 Å². The summed E-state index contributed by atoms with van der Waals surface area (Å²) in [6.07, 6.45) is -4.28. The molecule has 13 heteroatoms. The van der Waals surface area contributed by atoms with Crippen molar-refractivity contribution < 1.29 is 32.3 Å². The van der Waals surface area contributed by atoms with E-state index in [2.05, 4.69) is 5.32 Å².